The molecule has 4 nitrogen and oxygen atoms in total. The van der Waals surface area contributed by atoms with Gasteiger partial charge in [-0.2, -0.15) is 0 Å². The van der Waals surface area contributed by atoms with Gasteiger partial charge in [-0.25, -0.2) is 4.98 Å². The van der Waals surface area contributed by atoms with E-state index in [9.17, 15) is 0 Å². The summed E-state index contributed by atoms with van der Waals surface area (Å²) in [5.74, 6) is 1.48. The van der Waals surface area contributed by atoms with Crippen LogP contribution in [0.1, 0.15) is 12.5 Å². The van der Waals surface area contributed by atoms with E-state index >= 15 is 0 Å². The molecule has 0 atom stereocenters. The Labute approximate surface area is 124 Å². The van der Waals surface area contributed by atoms with Crippen molar-refractivity contribution in [1.82, 2.24) is 4.98 Å². The molecule has 0 spiro atoms. The van der Waals surface area contributed by atoms with Gasteiger partial charge in [-0.05, 0) is 24.6 Å². The van der Waals surface area contributed by atoms with Gasteiger partial charge in [0.15, 0.2) is 16.6 Å². The maximum absolute atomic E-state index is 5.57. The normalized spacial score (nSPS) is 10.3. The highest BCUT2D eigenvalue weighted by Crippen LogP contribution is 2.34. The molecule has 6 heteroatoms. The number of hydrogen-bond donors (Lipinski definition) is 1. The molecule has 1 N–H and O–H groups in total. The zero-order valence-corrected chi connectivity index (χ0v) is 13.2. The van der Waals surface area contributed by atoms with Gasteiger partial charge in [0.05, 0.1) is 13.7 Å². The van der Waals surface area contributed by atoms with Crippen molar-refractivity contribution in [3.05, 3.63) is 33.7 Å². The molecule has 0 saturated carbocycles. The predicted octanol–water partition coefficient (Wildman–Crippen LogP) is 3.93. The van der Waals surface area contributed by atoms with Gasteiger partial charge in [-0.3, -0.25) is 0 Å². The molecule has 0 aliphatic carbocycles. The number of halogens is 1. The first-order valence-corrected chi connectivity index (χ1v) is 7.54. The van der Waals surface area contributed by atoms with Crippen molar-refractivity contribution in [2.75, 3.05) is 19.0 Å². The number of aromatic nitrogens is 1. The minimum atomic E-state index is 0.608. The molecule has 0 aliphatic rings. The molecule has 0 bridgehead atoms. The summed E-state index contributed by atoms with van der Waals surface area (Å²) in [5.41, 5.74) is 1.10. The second kappa shape index (κ2) is 6.77. The molecule has 1 aromatic heterocycles. The summed E-state index contributed by atoms with van der Waals surface area (Å²) in [4.78, 5) is 4.19. The molecule has 2 aromatic rings. The molecule has 0 amide bonds. The van der Waals surface area contributed by atoms with Gasteiger partial charge in [-0.1, -0.05) is 15.9 Å². The zero-order chi connectivity index (χ0) is 13.7. The summed E-state index contributed by atoms with van der Waals surface area (Å²) in [6, 6.07) is 3.90. The first kappa shape index (κ1) is 14.1. The highest BCUT2D eigenvalue weighted by Gasteiger charge is 2.10. The second-order valence-electron chi connectivity index (χ2n) is 3.72. The van der Waals surface area contributed by atoms with Gasteiger partial charge >= 0.3 is 0 Å². The van der Waals surface area contributed by atoms with E-state index in [1.54, 1.807) is 24.6 Å². The first-order valence-electron chi connectivity index (χ1n) is 5.87. The van der Waals surface area contributed by atoms with Crippen molar-refractivity contribution in [2.45, 2.75) is 13.5 Å². The van der Waals surface area contributed by atoms with Crippen LogP contribution in [0.2, 0.25) is 0 Å². The average molecular weight is 343 g/mol. The van der Waals surface area contributed by atoms with Crippen molar-refractivity contribution in [2.24, 2.45) is 0 Å². The van der Waals surface area contributed by atoms with E-state index < -0.39 is 0 Å². The maximum Gasteiger partial charge on any atom is 0.182 e. The summed E-state index contributed by atoms with van der Waals surface area (Å²) in [5, 5.41) is 6.11. The minimum Gasteiger partial charge on any atom is -0.493 e. The Bertz CT molecular complexity index is 532. The van der Waals surface area contributed by atoms with E-state index in [-0.39, 0.29) is 0 Å². The second-order valence-corrected chi connectivity index (χ2v) is 5.47. The van der Waals surface area contributed by atoms with Crippen LogP contribution in [-0.4, -0.2) is 18.7 Å². The van der Waals surface area contributed by atoms with Crippen molar-refractivity contribution in [1.29, 1.82) is 0 Å². The third kappa shape index (κ3) is 3.61. The topological polar surface area (TPSA) is 43.4 Å². The van der Waals surface area contributed by atoms with Gasteiger partial charge in [0, 0.05) is 22.6 Å². The largest absolute Gasteiger partial charge is 0.493 e. The van der Waals surface area contributed by atoms with Crippen molar-refractivity contribution in [3.63, 3.8) is 0 Å². The minimum absolute atomic E-state index is 0.608. The number of ether oxygens (including phenoxy) is 2. The molecule has 19 heavy (non-hydrogen) atoms. The van der Waals surface area contributed by atoms with Crippen LogP contribution < -0.4 is 14.8 Å². The number of thiazole rings is 1. The third-order valence-corrected chi connectivity index (χ3v) is 3.96. The highest BCUT2D eigenvalue weighted by molar-refractivity contribution is 9.10. The van der Waals surface area contributed by atoms with Gasteiger partial charge < -0.3 is 14.8 Å². The van der Waals surface area contributed by atoms with Gasteiger partial charge in [0.25, 0.3) is 0 Å². The lowest BCUT2D eigenvalue weighted by Crippen LogP contribution is -2.02. The van der Waals surface area contributed by atoms with Gasteiger partial charge in [0.1, 0.15) is 0 Å². The number of rotatable bonds is 6. The molecular weight excluding hydrogens is 328 g/mol. The Kier molecular flexibility index (Phi) is 5.04. The van der Waals surface area contributed by atoms with E-state index in [1.807, 2.05) is 24.4 Å². The number of hydrogen-bond acceptors (Lipinski definition) is 5. The van der Waals surface area contributed by atoms with E-state index in [4.69, 9.17) is 9.47 Å². The van der Waals surface area contributed by atoms with Crippen LogP contribution in [0.5, 0.6) is 11.5 Å². The summed E-state index contributed by atoms with van der Waals surface area (Å²) in [7, 11) is 1.64. The molecule has 1 aromatic carbocycles. The van der Waals surface area contributed by atoms with E-state index in [1.165, 1.54) is 0 Å². The Morgan fingerprint density at radius 2 is 2.21 bits per heavy atom. The molecule has 0 saturated heterocycles. The fourth-order valence-corrected chi connectivity index (χ4v) is 2.61. The molecule has 0 radical (unpaired) electrons. The molecular formula is C13H15BrN2O2S. The van der Waals surface area contributed by atoms with E-state index in [2.05, 4.69) is 26.2 Å². The lowest BCUT2D eigenvalue weighted by Gasteiger charge is -2.13. The average Bonchev–Trinajstić information content (AvgIpc) is 2.92. The first-order chi connectivity index (χ1) is 9.24. The standard InChI is InChI=1S/C13H15BrN2O2S/c1-3-18-12-6-9(10(14)7-11(12)17-2)8-16-13-15-4-5-19-13/h4-7H,3,8H2,1-2H3,(H,15,16). The Balaban J connectivity index is 2.17. The van der Waals surface area contributed by atoms with Crippen LogP contribution in [0, 0.1) is 0 Å². The molecule has 2 rings (SSSR count). The lowest BCUT2D eigenvalue weighted by atomic mass is 10.2. The summed E-state index contributed by atoms with van der Waals surface area (Å²) >= 11 is 5.12. The summed E-state index contributed by atoms with van der Waals surface area (Å²) in [6.07, 6.45) is 1.78. The zero-order valence-electron chi connectivity index (χ0n) is 10.8. The quantitative estimate of drug-likeness (QED) is 0.863. The van der Waals surface area contributed by atoms with Gasteiger partial charge in [0.2, 0.25) is 0 Å². The predicted molar refractivity (Wildman–Crippen MR) is 81.3 cm³/mol. The van der Waals surface area contributed by atoms with Crippen LogP contribution >= 0.6 is 27.3 Å². The number of anilines is 1. The summed E-state index contributed by atoms with van der Waals surface area (Å²) < 4.78 is 11.9. The molecule has 0 fully saturated rings. The van der Waals surface area contributed by atoms with Crippen molar-refractivity contribution < 1.29 is 9.47 Å². The lowest BCUT2D eigenvalue weighted by molar-refractivity contribution is 0.310. The monoisotopic (exact) mass is 342 g/mol. The Morgan fingerprint density at radius 3 is 2.84 bits per heavy atom. The number of nitrogens with one attached hydrogen (secondary N) is 1. The number of methoxy groups -OCH3 is 1. The van der Waals surface area contributed by atoms with Crippen LogP contribution in [0.25, 0.3) is 0 Å². The maximum atomic E-state index is 5.57. The van der Waals surface area contributed by atoms with Crippen molar-refractivity contribution >= 4 is 32.4 Å². The fraction of sp³-hybridized carbons (Fsp3) is 0.308. The van der Waals surface area contributed by atoms with E-state index in [0.717, 1.165) is 26.7 Å². The number of nitrogens with zero attached hydrogens (tertiary/aromatic N) is 1. The van der Waals surface area contributed by atoms with Crippen LogP contribution in [0.15, 0.2) is 28.2 Å². The fourth-order valence-electron chi connectivity index (χ4n) is 1.62. The van der Waals surface area contributed by atoms with E-state index in [0.29, 0.717) is 13.2 Å². The highest BCUT2D eigenvalue weighted by atomic mass is 79.9. The SMILES string of the molecule is CCOc1cc(CNc2nccs2)c(Br)cc1OC. The van der Waals surface area contributed by atoms with Crippen molar-refractivity contribution in [3.8, 4) is 11.5 Å². The van der Waals surface area contributed by atoms with Crippen LogP contribution in [-0.2, 0) is 6.54 Å². The molecule has 102 valence electrons. The van der Waals surface area contributed by atoms with Crippen LogP contribution in [0.3, 0.4) is 0 Å². The third-order valence-electron chi connectivity index (χ3n) is 2.49. The summed E-state index contributed by atoms with van der Waals surface area (Å²) in [6.45, 7) is 3.24. The Hall–Kier alpha value is -1.27. The smallest absolute Gasteiger partial charge is 0.182 e. The van der Waals surface area contributed by atoms with Gasteiger partial charge in [-0.15, -0.1) is 11.3 Å². The molecule has 0 aliphatic heterocycles. The Morgan fingerprint density at radius 1 is 1.37 bits per heavy atom. The van der Waals surface area contributed by atoms with Crippen LogP contribution in [0.4, 0.5) is 5.13 Å². The molecule has 1 heterocycles. The number of benzene rings is 1. The molecule has 0 unspecified atom stereocenters.